The molecule has 1 aliphatic heterocycles. The van der Waals surface area contributed by atoms with E-state index in [4.69, 9.17) is 4.74 Å². The van der Waals surface area contributed by atoms with Gasteiger partial charge in [0, 0.05) is 11.1 Å². The van der Waals surface area contributed by atoms with Crippen molar-refractivity contribution in [2.24, 2.45) is 4.99 Å². The Kier molecular flexibility index (Phi) is 6.29. The molecule has 0 aromatic heterocycles. The number of rotatable bonds is 4. The lowest BCUT2D eigenvalue weighted by atomic mass is 9.97. The van der Waals surface area contributed by atoms with E-state index in [0.717, 1.165) is 4.90 Å². The number of alkyl carbamates (subject to hydrolysis) is 1. The van der Waals surface area contributed by atoms with E-state index in [1.54, 1.807) is 52.0 Å². The van der Waals surface area contributed by atoms with Crippen LogP contribution in [0.15, 0.2) is 47.5 Å². The van der Waals surface area contributed by atoms with Crippen LogP contribution in [0.25, 0.3) is 0 Å². The molecule has 2 aromatic rings. The molecule has 1 atom stereocenters. The molecule has 0 bridgehead atoms. The molecule has 2 N–H and O–H groups in total. The van der Waals surface area contributed by atoms with Crippen LogP contribution in [0.4, 0.5) is 14.9 Å². The number of nitrogens with zero attached hydrogens (tertiary/aromatic N) is 2. The fraction of sp³-hybridized carbons (Fsp3) is 0.304. The third-order valence-electron chi connectivity index (χ3n) is 4.60. The van der Waals surface area contributed by atoms with Crippen LogP contribution in [0.2, 0.25) is 0 Å². The minimum atomic E-state index is -1.52. The van der Waals surface area contributed by atoms with Gasteiger partial charge in [-0.1, -0.05) is 30.3 Å². The summed E-state index contributed by atoms with van der Waals surface area (Å²) in [6.07, 6.45) is -2.43. The molecule has 0 saturated heterocycles. The molecule has 3 rings (SSSR count). The van der Waals surface area contributed by atoms with Gasteiger partial charge in [-0.2, -0.15) is 0 Å². The minimum absolute atomic E-state index is 0.111. The van der Waals surface area contributed by atoms with Gasteiger partial charge in [0.1, 0.15) is 18.0 Å². The second-order valence-corrected chi connectivity index (χ2v) is 8.30. The number of carbonyl (C=O) groups is 3. The van der Waals surface area contributed by atoms with E-state index in [2.05, 4.69) is 10.3 Å². The lowest BCUT2D eigenvalue weighted by Crippen LogP contribution is -2.50. The quantitative estimate of drug-likeness (QED) is 0.757. The molecular weight excluding hydrogens is 417 g/mol. The zero-order chi connectivity index (χ0) is 23.6. The van der Waals surface area contributed by atoms with Gasteiger partial charge >= 0.3 is 12.1 Å². The van der Waals surface area contributed by atoms with Crippen LogP contribution in [0, 0.1) is 12.7 Å². The first-order valence-electron chi connectivity index (χ1n) is 9.93. The summed E-state index contributed by atoms with van der Waals surface area (Å²) in [5.41, 5.74) is 0.646. The number of ether oxygens (including phenoxy) is 1. The Labute approximate surface area is 184 Å². The SMILES string of the molecule is Cc1cccc2c1N(CC(=O)O)C(=O)C(NC(=O)OC(C)(C)C)N=C2c1ccccc1F. The van der Waals surface area contributed by atoms with Crippen LogP contribution >= 0.6 is 0 Å². The van der Waals surface area contributed by atoms with Crippen molar-refractivity contribution in [2.75, 3.05) is 11.4 Å². The van der Waals surface area contributed by atoms with Crippen LogP contribution < -0.4 is 10.2 Å². The molecule has 9 heteroatoms. The monoisotopic (exact) mass is 441 g/mol. The van der Waals surface area contributed by atoms with Crippen molar-refractivity contribution in [2.45, 2.75) is 39.5 Å². The van der Waals surface area contributed by atoms with Crippen LogP contribution in [-0.2, 0) is 14.3 Å². The summed E-state index contributed by atoms with van der Waals surface area (Å²) in [7, 11) is 0. The molecule has 2 amide bonds. The second kappa shape index (κ2) is 8.78. The first-order valence-corrected chi connectivity index (χ1v) is 9.93. The zero-order valence-electron chi connectivity index (χ0n) is 18.2. The fourth-order valence-electron chi connectivity index (χ4n) is 3.39. The smallest absolute Gasteiger partial charge is 0.409 e. The topological polar surface area (TPSA) is 108 Å². The number of carboxylic acid groups (broad SMARTS) is 1. The number of amides is 2. The Morgan fingerprint density at radius 3 is 2.44 bits per heavy atom. The molecule has 168 valence electrons. The Bertz CT molecular complexity index is 1110. The summed E-state index contributed by atoms with van der Waals surface area (Å²) in [4.78, 5) is 42.7. The summed E-state index contributed by atoms with van der Waals surface area (Å²) in [5, 5.41) is 11.8. The standard InChI is InChI=1S/C23H24FN3O5/c1-13-8-7-10-15-18(14-9-5-6-11-16(14)24)25-20(26-22(31)32-23(2,3)4)21(30)27(19(13)15)12-17(28)29/h5-11,20H,12H2,1-4H3,(H,26,31)(H,28,29). The number of benzodiazepines with no additional fused rings is 1. The predicted molar refractivity (Wildman–Crippen MR) is 116 cm³/mol. The van der Waals surface area contributed by atoms with Crippen LogP contribution in [-0.4, -0.2) is 47.1 Å². The summed E-state index contributed by atoms with van der Waals surface area (Å²) < 4.78 is 20.0. The van der Waals surface area contributed by atoms with Gasteiger partial charge < -0.3 is 9.84 Å². The van der Waals surface area contributed by atoms with Gasteiger partial charge in [0.25, 0.3) is 5.91 Å². The summed E-state index contributed by atoms with van der Waals surface area (Å²) in [6, 6.07) is 10.9. The predicted octanol–water partition coefficient (Wildman–Crippen LogP) is 3.25. The van der Waals surface area contributed by atoms with Gasteiger partial charge in [-0.3, -0.25) is 19.8 Å². The number of halogens is 1. The van der Waals surface area contributed by atoms with Gasteiger partial charge in [0.15, 0.2) is 0 Å². The number of benzene rings is 2. The Morgan fingerprint density at radius 1 is 1.16 bits per heavy atom. The van der Waals surface area contributed by atoms with Crippen molar-refractivity contribution < 1.29 is 28.6 Å². The molecule has 0 aliphatic carbocycles. The second-order valence-electron chi connectivity index (χ2n) is 8.30. The third-order valence-corrected chi connectivity index (χ3v) is 4.60. The third kappa shape index (κ3) is 4.93. The highest BCUT2D eigenvalue weighted by Crippen LogP contribution is 2.32. The van der Waals surface area contributed by atoms with E-state index in [-0.39, 0.29) is 17.0 Å². The fourth-order valence-corrected chi connectivity index (χ4v) is 3.39. The maximum absolute atomic E-state index is 14.7. The van der Waals surface area contributed by atoms with E-state index in [9.17, 15) is 23.9 Å². The maximum atomic E-state index is 14.7. The van der Waals surface area contributed by atoms with Gasteiger partial charge in [-0.05, 0) is 45.4 Å². The summed E-state index contributed by atoms with van der Waals surface area (Å²) in [5.74, 6) is -2.60. The molecule has 1 aliphatic rings. The normalized spacial score (nSPS) is 16.0. The molecule has 8 nitrogen and oxygen atoms in total. The molecule has 1 heterocycles. The molecule has 0 saturated carbocycles. The number of aliphatic imine (C=N–C) groups is 1. The first kappa shape index (κ1) is 22.9. The van der Waals surface area contributed by atoms with E-state index in [1.807, 2.05) is 0 Å². The molecule has 32 heavy (non-hydrogen) atoms. The van der Waals surface area contributed by atoms with Crippen molar-refractivity contribution >= 4 is 29.4 Å². The molecule has 1 unspecified atom stereocenters. The number of fused-ring (bicyclic) bond motifs is 1. The first-order chi connectivity index (χ1) is 15.0. The Morgan fingerprint density at radius 2 is 1.81 bits per heavy atom. The van der Waals surface area contributed by atoms with E-state index < -0.39 is 42.1 Å². The molecule has 0 radical (unpaired) electrons. The Hall–Kier alpha value is -3.75. The summed E-state index contributed by atoms with van der Waals surface area (Å²) >= 11 is 0. The average molecular weight is 441 g/mol. The van der Waals surface area contributed by atoms with Crippen LogP contribution in [0.5, 0.6) is 0 Å². The van der Waals surface area contributed by atoms with E-state index in [1.165, 1.54) is 18.2 Å². The largest absolute Gasteiger partial charge is 0.480 e. The van der Waals surface area contributed by atoms with Gasteiger partial charge in [0.05, 0.1) is 11.4 Å². The number of carboxylic acids is 1. The Balaban J connectivity index is 2.21. The highest BCUT2D eigenvalue weighted by atomic mass is 19.1. The van der Waals surface area contributed by atoms with Crippen molar-refractivity contribution in [3.8, 4) is 0 Å². The van der Waals surface area contributed by atoms with E-state index in [0.29, 0.717) is 11.1 Å². The lowest BCUT2D eigenvalue weighted by Gasteiger charge is -2.26. The van der Waals surface area contributed by atoms with Crippen molar-refractivity contribution in [3.63, 3.8) is 0 Å². The number of aliphatic carboxylic acids is 1. The molecular formula is C23H24FN3O5. The highest BCUT2D eigenvalue weighted by molar-refractivity contribution is 6.21. The number of hydrogen-bond acceptors (Lipinski definition) is 5. The van der Waals surface area contributed by atoms with Crippen LogP contribution in [0.3, 0.4) is 0 Å². The number of hydrogen-bond donors (Lipinski definition) is 2. The molecule has 2 aromatic carbocycles. The van der Waals surface area contributed by atoms with Crippen molar-refractivity contribution in [1.82, 2.24) is 5.32 Å². The van der Waals surface area contributed by atoms with E-state index >= 15 is 0 Å². The van der Waals surface area contributed by atoms with Crippen LogP contribution in [0.1, 0.15) is 37.5 Å². The molecule has 0 fully saturated rings. The number of anilines is 1. The molecule has 0 spiro atoms. The minimum Gasteiger partial charge on any atom is -0.480 e. The average Bonchev–Trinajstić information content (AvgIpc) is 2.78. The van der Waals surface area contributed by atoms with Gasteiger partial charge in [0.2, 0.25) is 6.17 Å². The lowest BCUT2D eigenvalue weighted by molar-refractivity contribution is -0.136. The van der Waals surface area contributed by atoms with Gasteiger partial charge in [-0.15, -0.1) is 0 Å². The number of aryl methyl sites for hydroxylation is 1. The maximum Gasteiger partial charge on any atom is 0.409 e. The summed E-state index contributed by atoms with van der Waals surface area (Å²) in [6.45, 7) is 6.02. The zero-order valence-corrected chi connectivity index (χ0v) is 18.2. The number of para-hydroxylation sites is 1. The van der Waals surface area contributed by atoms with Crippen molar-refractivity contribution in [1.29, 1.82) is 0 Å². The number of carbonyl (C=O) groups excluding carboxylic acids is 2. The van der Waals surface area contributed by atoms with Gasteiger partial charge in [-0.25, -0.2) is 14.2 Å². The number of nitrogens with one attached hydrogen (secondary N) is 1. The van der Waals surface area contributed by atoms with Crippen molar-refractivity contribution in [3.05, 3.63) is 65.0 Å². The highest BCUT2D eigenvalue weighted by Gasteiger charge is 2.36.